The van der Waals surface area contributed by atoms with E-state index < -0.39 is 57.7 Å². The number of fused-ring (bicyclic) bond motifs is 4. The molecule has 4 saturated carbocycles. The van der Waals surface area contributed by atoms with Crippen LogP contribution < -0.4 is 22.9 Å². The third-order valence-electron chi connectivity index (χ3n) is 9.64. The number of halogens is 4. The van der Waals surface area contributed by atoms with Gasteiger partial charge in [-0.1, -0.05) is 70.6 Å². The maximum absolute atomic E-state index is 13.5. The molecule has 0 aliphatic heterocycles. The number of alkyl halides is 4. The fraction of sp³-hybridized carbons (Fsp3) is 0.800. The Morgan fingerprint density at radius 3 is 1.25 bits per heavy atom. The van der Waals surface area contributed by atoms with Crippen molar-refractivity contribution in [1.29, 1.82) is 0 Å². The van der Waals surface area contributed by atoms with E-state index in [2.05, 4.69) is 63.7 Å². The Labute approximate surface area is 219 Å². The summed E-state index contributed by atoms with van der Waals surface area (Å²) in [5.74, 6) is -4.17. The molecule has 4 bridgehead atoms. The maximum atomic E-state index is 13.5. The number of primary amides is 4. The van der Waals surface area contributed by atoms with Crippen molar-refractivity contribution in [2.24, 2.45) is 62.3 Å². The summed E-state index contributed by atoms with van der Waals surface area (Å²) < 4.78 is -2.27. The normalized spacial score (nSPS) is 46.2. The molecule has 6 unspecified atom stereocenters. The molecule has 0 aromatic rings. The van der Waals surface area contributed by atoms with Gasteiger partial charge in [0, 0.05) is 0 Å². The average molecular weight is 706 g/mol. The highest BCUT2D eigenvalue weighted by molar-refractivity contribution is 9.25. The molecular weight excluding hydrogens is 680 g/mol. The Morgan fingerprint density at radius 1 is 0.688 bits per heavy atom. The number of rotatable bonds is 6. The van der Waals surface area contributed by atoms with E-state index in [9.17, 15) is 19.2 Å². The quantitative estimate of drug-likeness (QED) is 0.311. The van der Waals surface area contributed by atoms with Crippen molar-refractivity contribution in [3.8, 4) is 0 Å². The maximum Gasteiger partial charge on any atom is 0.227 e. The van der Waals surface area contributed by atoms with Crippen molar-refractivity contribution < 1.29 is 19.2 Å². The van der Waals surface area contributed by atoms with E-state index in [1.807, 2.05) is 0 Å². The van der Waals surface area contributed by atoms with Crippen molar-refractivity contribution in [2.75, 3.05) is 0 Å². The minimum absolute atomic E-state index is 0.155. The molecule has 8 nitrogen and oxygen atoms in total. The number of hydrogen-bond donors (Lipinski definition) is 4. The molecule has 0 heterocycles. The molecule has 0 spiro atoms. The summed E-state index contributed by atoms with van der Waals surface area (Å²) in [4.78, 5) is 53.2. The van der Waals surface area contributed by atoms with Crippen LogP contribution in [0.3, 0.4) is 0 Å². The van der Waals surface area contributed by atoms with Gasteiger partial charge in [-0.25, -0.2) is 0 Å². The van der Waals surface area contributed by atoms with E-state index in [1.54, 1.807) is 6.92 Å². The highest BCUT2D eigenvalue weighted by Crippen LogP contribution is 2.84. The van der Waals surface area contributed by atoms with Crippen LogP contribution in [0, 0.1) is 39.4 Å². The summed E-state index contributed by atoms with van der Waals surface area (Å²) in [5.41, 5.74) is 18.3. The summed E-state index contributed by atoms with van der Waals surface area (Å²) in [6, 6.07) is 0. The van der Waals surface area contributed by atoms with Crippen LogP contribution in [0.5, 0.6) is 0 Å². The van der Waals surface area contributed by atoms with Gasteiger partial charge in [0.25, 0.3) is 0 Å². The van der Waals surface area contributed by atoms with Crippen molar-refractivity contribution >= 4 is 87.3 Å². The smallest absolute Gasteiger partial charge is 0.227 e. The predicted molar refractivity (Wildman–Crippen MR) is 132 cm³/mol. The zero-order valence-electron chi connectivity index (χ0n) is 17.4. The van der Waals surface area contributed by atoms with Crippen LogP contribution in [0.1, 0.15) is 45.4 Å². The summed E-state index contributed by atoms with van der Waals surface area (Å²) in [7, 11) is 0. The molecular formula is C20H26Br4N4O4. The van der Waals surface area contributed by atoms with Gasteiger partial charge < -0.3 is 22.9 Å². The highest BCUT2D eigenvalue weighted by Gasteiger charge is 2.88. The van der Waals surface area contributed by atoms with Crippen LogP contribution in [0.15, 0.2) is 0 Å². The molecule has 4 rings (SSSR count). The first-order valence-corrected chi connectivity index (χ1v) is 13.7. The third-order valence-corrected chi connectivity index (χ3v) is 14.7. The Kier molecular flexibility index (Phi) is 5.40. The van der Waals surface area contributed by atoms with Crippen LogP contribution in [-0.4, -0.2) is 30.1 Å². The number of carbonyl (C=O) groups is 4. The minimum atomic E-state index is -1.66. The van der Waals surface area contributed by atoms with Gasteiger partial charge in [0.05, 0.1) is 28.1 Å². The molecule has 32 heavy (non-hydrogen) atoms. The summed E-state index contributed by atoms with van der Waals surface area (Å²) >= 11 is 14.8. The van der Waals surface area contributed by atoms with E-state index in [0.717, 1.165) is 0 Å². The lowest BCUT2D eigenvalue weighted by Crippen LogP contribution is -2.74. The van der Waals surface area contributed by atoms with Gasteiger partial charge in [0.2, 0.25) is 23.6 Å². The largest absolute Gasteiger partial charge is 0.369 e. The van der Waals surface area contributed by atoms with E-state index >= 15 is 0 Å². The minimum Gasteiger partial charge on any atom is -0.369 e. The SMILES string of the molecule is CC(C1(C(N)=O)C2(C(N)=O)CCC(C2)C1(Br)Br)C1(C(N)=O)C2(C(N)=O)CCC(C2)C1(Br)Br. The number of carbonyl (C=O) groups excluding carboxylic acids is 4. The van der Waals surface area contributed by atoms with Gasteiger partial charge in [-0.3, -0.25) is 19.2 Å². The van der Waals surface area contributed by atoms with Crippen molar-refractivity contribution in [3.05, 3.63) is 0 Å². The lowest BCUT2D eigenvalue weighted by Gasteiger charge is -2.62. The fourth-order valence-electron chi connectivity index (χ4n) is 8.50. The van der Waals surface area contributed by atoms with Crippen LogP contribution in [0.4, 0.5) is 0 Å². The fourth-order valence-corrected chi connectivity index (χ4v) is 13.7. The Bertz CT molecular complexity index is 886. The number of amides is 4. The molecule has 6 atom stereocenters. The second-order valence-corrected chi connectivity index (χ2v) is 17.2. The van der Waals surface area contributed by atoms with Gasteiger partial charge >= 0.3 is 0 Å². The van der Waals surface area contributed by atoms with Gasteiger partial charge in [0.1, 0.15) is 0 Å². The standard InChI is InChI=1S/C20H26Br4N4O4/c1-8(17(13(27)31)15(11(25)29)4-2-9(6-15)19(17,21)22)18(14(28)32)16(12(26)30)5-3-10(7-16)20(18,23)24/h8-10H,2-7H2,1H3,(H2,25,29)(H2,26,30)(H2,27,31)(H2,28,32). The van der Waals surface area contributed by atoms with Crippen molar-refractivity contribution in [3.63, 3.8) is 0 Å². The van der Waals surface area contributed by atoms with Crippen molar-refractivity contribution in [2.45, 2.75) is 51.9 Å². The summed E-state index contributed by atoms with van der Waals surface area (Å²) in [6.07, 6.45) is 2.62. The van der Waals surface area contributed by atoms with Crippen LogP contribution in [0.25, 0.3) is 0 Å². The molecule has 0 aromatic carbocycles. The molecule has 0 aromatic heterocycles. The molecule has 4 aliphatic rings. The molecule has 8 N–H and O–H groups in total. The Hall–Kier alpha value is -0.200. The monoisotopic (exact) mass is 702 g/mol. The lowest BCUT2D eigenvalue weighted by molar-refractivity contribution is -0.174. The molecule has 4 fully saturated rings. The van der Waals surface area contributed by atoms with E-state index in [-0.39, 0.29) is 11.8 Å². The summed E-state index contributed by atoms with van der Waals surface area (Å²) in [5, 5.41) is 0. The van der Waals surface area contributed by atoms with E-state index in [0.29, 0.717) is 38.5 Å². The topological polar surface area (TPSA) is 172 Å². The highest BCUT2D eigenvalue weighted by atomic mass is 79.9. The van der Waals surface area contributed by atoms with Gasteiger partial charge in [-0.2, -0.15) is 0 Å². The van der Waals surface area contributed by atoms with E-state index in [1.165, 1.54) is 0 Å². The van der Waals surface area contributed by atoms with Gasteiger partial charge in [0.15, 0.2) is 0 Å². The second-order valence-electron chi connectivity index (χ2n) is 10.1. The van der Waals surface area contributed by atoms with Crippen LogP contribution >= 0.6 is 63.7 Å². The average Bonchev–Trinajstić information content (AvgIpc) is 3.35. The zero-order chi connectivity index (χ0) is 24.3. The second kappa shape index (κ2) is 6.94. The zero-order valence-corrected chi connectivity index (χ0v) is 23.8. The van der Waals surface area contributed by atoms with Crippen LogP contribution in [-0.2, 0) is 19.2 Å². The molecule has 178 valence electrons. The first-order chi connectivity index (χ1) is 14.6. The van der Waals surface area contributed by atoms with Crippen molar-refractivity contribution in [1.82, 2.24) is 0 Å². The molecule has 4 aliphatic carbocycles. The first kappa shape index (κ1) is 24.9. The molecule has 4 amide bonds. The molecule has 0 saturated heterocycles. The molecule has 0 radical (unpaired) electrons. The lowest BCUT2D eigenvalue weighted by atomic mass is 9.44. The molecule has 12 heteroatoms. The Morgan fingerprint density at radius 2 is 1.00 bits per heavy atom. The number of hydrogen-bond acceptors (Lipinski definition) is 4. The Balaban J connectivity index is 2.11. The summed E-state index contributed by atoms with van der Waals surface area (Å²) in [6.45, 7) is 1.68. The third kappa shape index (κ3) is 2.21. The predicted octanol–water partition coefficient (Wildman–Crippen LogP) is 2.11. The van der Waals surface area contributed by atoms with Gasteiger partial charge in [-0.15, -0.1) is 0 Å². The van der Waals surface area contributed by atoms with E-state index in [4.69, 9.17) is 22.9 Å². The van der Waals surface area contributed by atoms with Crippen LogP contribution in [0.2, 0.25) is 0 Å². The number of nitrogens with two attached hydrogens (primary N) is 4. The first-order valence-electron chi connectivity index (χ1n) is 10.5. The van der Waals surface area contributed by atoms with Gasteiger partial charge in [-0.05, 0) is 56.3 Å².